The minimum Gasteiger partial charge on any atom is -0.491 e. The number of aliphatic hydroxyl groups is 1. The number of amides is 1. The van der Waals surface area contributed by atoms with E-state index < -0.39 is 0 Å². The van der Waals surface area contributed by atoms with Gasteiger partial charge in [-0.25, -0.2) is 0 Å². The Morgan fingerprint density at radius 1 is 0.946 bits per heavy atom. The summed E-state index contributed by atoms with van der Waals surface area (Å²) in [5.74, 6) is 0.796. The predicted molar refractivity (Wildman–Crippen MR) is 141 cm³/mol. The number of nitrogens with zero attached hydrogens (tertiary/aromatic N) is 3. The summed E-state index contributed by atoms with van der Waals surface area (Å²) >= 11 is 0. The van der Waals surface area contributed by atoms with E-state index in [1.165, 1.54) is 11.1 Å². The summed E-state index contributed by atoms with van der Waals surface area (Å²) in [5.41, 5.74) is 5.10. The second-order valence-corrected chi connectivity index (χ2v) is 9.84. The third-order valence-corrected chi connectivity index (χ3v) is 7.00. The van der Waals surface area contributed by atoms with Crippen LogP contribution in [0.2, 0.25) is 0 Å². The number of aromatic nitrogens is 1. The molecule has 5 rings (SSSR count). The summed E-state index contributed by atoms with van der Waals surface area (Å²) in [7, 11) is 0. The van der Waals surface area contributed by atoms with Gasteiger partial charge >= 0.3 is 0 Å². The van der Waals surface area contributed by atoms with Crippen molar-refractivity contribution in [3.05, 3.63) is 94.8 Å². The highest BCUT2D eigenvalue weighted by molar-refractivity contribution is 5.94. The molecule has 1 amide bonds. The summed E-state index contributed by atoms with van der Waals surface area (Å²) in [6.45, 7) is 5.09. The van der Waals surface area contributed by atoms with Gasteiger partial charge in [-0.3, -0.25) is 14.7 Å². The lowest BCUT2D eigenvalue weighted by atomic mass is 9.99. The normalized spacial score (nSPS) is 17.9. The Bertz CT molecular complexity index is 1180. The molecule has 0 spiro atoms. The summed E-state index contributed by atoms with van der Waals surface area (Å²) in [6.07, 6.45) is 3.45. The molecule has 0 unspecified atom stereocenters. The number of hydrogen-bond donors (Lipinski definition) is 1. The van der Waals surface area contributed by atoms with E-state index in [1.54, 1.807) is 0 Å². The van der Waals surface area contributed by atoms with Crippen molar-refractivity contribution in [3.63, 3.8) is 0 Å². The maximum absolute atomic E-state index is 13.2. The molecule has 1 aromatic heterocycles. The largest absolute Gasteiger partial charge is 0.491 e. The molecule has 2 aromatic carbocycles. The molecule has 37 heavy (non-hydrogen) atoms. The topological polar surface area (TPSA) is 75.1 Å². The average molecular weight is 502 g/mol. The molecule has 1 fully saturated rings. The number of piperidine rings is 1. The lowest BCUT2D eigenvalue weighted by Crippen LogP contribution is -2.40. The van der Waals surface area contributed by atoms with Crippen LogP contribution in [0.1, 0.15) is 45.6 Å². The van der Waals surface area contributed by atoms with Crippen molar-refractivity contribution < 1.29 is 19.4 Å². The molecule has 1 N–H and O–H groups in total. The van der Waals surface area contributed by atoms with Gasteiger partial charge in [-0.1, -0.05) is 30.3 Å². The number of hydrogen-bond acceptors (Lipinski definition) is 6. The lowest BCUT2D eigenvalue weighted by Gasteiger charge is -2.29. The van der Waals surface area contributed by atoms with Crippen LogP contribution in [0.5, 0.6) is 5.75 Å². The second kappa shape index (κ2) is 12.3. The van der Waals surface area contributed by atoms with Crippen LogP contribution in [0, 0.1) is 0 Å². The Hall–Kier alpha value is -3.26. The maximum atomic E-state index is 13.2. The number of carbonyl (C=O) groups is 1. The molecule has 194 valence electrons. The van der Waals surface area contributed by atoms with E-state index in [0.717, 1.165) is 36.6 Å². The van der Waals surface area contributed by atoms with Crippen molar-refractivity contribution in [1.82, 2.24) is 14.8 Å². The SMILES string of the molecule is O=C(c1ccc2c(c1)Cc1cccc(c1)CN(Cc1ccccn1)CCOCCO2)N1CCC(O)CC1. The molecule has 2 aliphatic heterocycles. The van der Waals surface area contributed by atoms with Crippen LogP contribution in [-0.2, 0) is 24.2 Å². The van der Waals surface area contributed by atoms with Crippen molar-refractivity contribution in [1.29, 1.82) is 0 Å². The maximum Gasteiger partial charge on any atom is 0.253 e. The zero-order valence-electron chi connectivity index (χ0n) is 21.2. The third-order valence-electron chi connectivity index (χ3n) is 7.00. The zero-order valence-corrected chi connectivity index (χ0v) is 21.2. The number of ether oxygens (including phenoxy) is 2. The molecule has 2 aliphatic rings. The Labute approximate surface area is 218 Å². The van der Waals surface area contributed by atoms with Crippen molar-refractivity contribution in [3.8, 4) is 5.75 Å². The molecule has 7 heteroatoms. The molecular weight excluding hydrogens is 466 g/mol. The standard InChI is InChI=1S/C30H35N3O4/c34-28-9-12-33(13-10-28)30(35)25-7-8-29-26(20-25)19-23-4-3-5-24(18-23)21-32(14-15-36-16-17-37-29)22-27-6-1-2-11-31-27/h1-8,11,18,20,28,34H,9-10,12-17,19,21-22H2. The molecule has 0 saturated carbocycles. The number of benzene rings is 2. The minimum atomic E-state index is -0.309. The fourth-order valence-electron chi connectivity index (χ4n) is 5.00. The van der Waals surface area contributed by atoms with Gasteiger partial charge in [-0.15, -0.1) is 0 Å². The number of aliphatic hydroxyl groups excluding tert-OH is 1. The van der Waals surface area contributed by atoms with E-state index in [0.29, 0.717) is 57.7 Å². The molecule has 0 aliphatic carbocycles. The number of rotatable bonds is 3. The Morgan fingerprint density at radius 2 is 1.81 bits per heavy atom. The number of pyridine rings is 1. The van der Waals surface area contributed by atoms with Gasteiger partial charge in [0.2, 0.25) is 0 Å². The fraction of sp³-hybridized carbons (Fsp3) is 0.400. The van der Waals surface area contributed by atoms with Crippen LogP contribution in [0.3, 0.4) is 0 Å². The number of carbonyl (C=O) groups excluding carboxylic acids is 1. The van der Waals surface area contributed by atoms with Crippen LogP contribution in [0.15, 0.2) is 66.9 Å². The Balaban J connectivity index is 1.37. The van der Waals surface area contributed by atoms with E-state index in [1.807, 2.05) is 41.4 Å². The monoisotopic (exact) mass is 501 g/mol. The van der Waals surface area contributed by atoms with Crippen LogP contribution in [-0.4, -0.2) is 71.4 Å². The van der Waals surface area contributed by atoms with Gasteiger partial charge < -0.3 is 19.5 Å². The third kappa shape index (κ3) is 6.95. The van der Waals surface area contributed by atoms with Crippen LogP contribution >= 0.6 is 0 Å². The van der Waals surface area contributed by atoms with Gasteiger partial charge in [0.15, 0.2) is 0 Å². The molecule has 2 bridgehead atoms. The van der Waals surface area contributed by atoms with E-state index in [9.17, 15) is 9.90 Å². The van der Waals surface area contributed by atoms with E-state index >= 15 is 0 Å². The van der Waals surface area contributed by atoms with Gasteiger partial charge in [-0.05, 0) is 59.9 Å². The van der Waals surface area contributed by atoms with Crippen molar-refractivity contribution >= 4 is 5.91 Å². The predicted octanol–water partition coefficient (Wildman–Crippen LogP) is 3.68. The first kappa shape index (κ1) is 25.4. The summed E-state index contributed by atoms with van der Waals surface area (Å²) < 4.78 is 12.0. The Morgan fingerprint density at radius 3 is 2.65 bits per heavy atom. The summed E-state index contributed by atoms with van der Waals surface area (Å²) in [6, 6.07) is 20.4. The number of likely N-dealkylation sites (tertiary alicyclic amines) is 1. The smallest absolute Gasteiger partial charge is 0.253 e. The minimum absolute atomic E-state index is 0.0105. The van der Waals surface area contributed by atoms with Gasteiger partial charge in [0.25, 0.3) is 5.91 Å². The highest BCUT2D eigenvalue weighted by atomic mass is 16.5. The van der Waals surface area contributed by atoms with E-state index in [2.05, 4.69) is 40.2 Å². The lowest BCUT2D eigenvalue weighted by molar-refractivity contribution is 0.0546. The van der Waals surface area contributed by atoms with E-state index in [4.69, 9.17) is 9.47 Å². The molecule has 3 heterocycles. The van der Waals surface area contributed by atoms with Crippen molar-refractivity contribution in [2.24, 2.45) is 0 Å². The first-order chi connectivity index (χ1) is 18.1. The quantitative estimate of drug-likeness (QED) is 0.590. The van der Waals surface area contributed by atoms with Gasteiger partial charge in [0.05, 0.1) is 25.0 Å². The van der Waals surface area contributed by atoms with Gasteiger partial charge in [-0.2, -0.15) is 0 Å². The van der Waals surface area contributed by atoms with Crippen molar-refractivity contribution in [2.75, 3.05) is 39.5 Å². The van der Waals surface area contributed by atoms with Gasteiger partial charge in [0.1, 0.15) is 12.4 Å². The first-order valence-electron chi connectivity index (χ1n) is 13.1. The molecule has 0 atom stereocenters. The molecule has 7 nitrogen and oxygen atoms in total. The fourth-order valence-corrected chi connectivity index (χ4v) is 5.00. The number of fused-ring (bicyclic) bond motifs is 3. The summed E-state index contributed by atoms with van der Waals surface area (Å²) in [5, 5.41) is 9.81. The Kier molecular flexibility index (Phi) is 8.46. The highest BCUT2D eigenvalue weighted by Crippen LogP contribution is 2.26. The second-order valence-electron chi connectivity index (χ2n) is 9.84. The van der Waals surface area contributed by atoms with Crippen LogP contribution < -0.4 is 4.74 Å². The zero-order chi connectivity index (χ0) is 25.5. The van der Waals surface area contributed by atoms with Gasteiger partial charge in [0, 0.05) is 50.9 Å². The highest BCUT2D eigenvalue weighted by Gasteiger charge is 2.23. The van der Waals surface area contributed by atoms with Crippen LogP contribution in [0.25, 0.3) is 0 Å². The molecule has 1 saturated heterocycles. The first-order valence-corrected chi connectivity index (χ1v) is 13.1. The van der Waals surface area contributed by atoms with E-state index in [-0.39, 0.29) is 12.0 Å². The average Bonchev–Trinajstić information content (AvgIpc) is 2.91. The molecule has 0 radical (unpaired) electrons. The van der Waals surface area contributed by atoms with Crippen molar-refractivity contribution in [2.45, 2.75) is 38.5 Å². The van der Waals surface area contributed by atoms with Crippen LogP contribution in [0.4, 0.5) is 0 Å². The molecular formula is C30H35N3O4. The molecule has 3 aromatic rings. The summed E-state index contributed by atoms with van der Waals surface area (Å²) in [4.78, 5) is 21.9.